The van der Waals surface area contributed by atoms with Gasteiger partial charge in [-0.3, -0.25) is 0 Å². The molecule has 1 aromatic heterocycles. The quantitative estimate of drug-likeness (QED) is 0.294. The number of thiazole rings is 1. The molecule has 1 heterocycles. The third-order valence-corrected chi connectivity index (χ3v) is 3.37. The highest BCUT2D eigenvalue weighted by Crippen LogP contribution is 2.18. The van der Waals surface area contributed by atoms with Crippen molar-refractivity contribution >= 4 is 46.4 Å². The highest BCUT2D eigenvalue weighted by Gasteiger charge is 2.02. The van der Waals surface area contributed by atoms with Crippen LogP contribution in [0.2, 0.25) is 0 Å². The summed E-state index contributed by atoms with van der Waals surface area (Å²) in [5, 5.41) is 6.04. The molecule has 6 nitrogen and oxygen atoms in total. The molecule has 8 heteroatoms. The Bertz CT molecular complexity index is 397. The van der Waals surface area contributed by atoms with E-state index in [9.17, 15) is 0 Å². The van der Waals surface area contributed by atoms with E-state index in [0.29, 0.717) is 12.5 Å². The molecule has 0 aliphatic carbocycles. The molecule has 0 aliphatic rings. The Morgan fingerprint density at radius 2 is 2.30 bits per heavy atom. The van der Waals surface area contributed by atoms with Gasteiger partial charge in [-0.05, 0) is 13.3 Å². The van der Waals surface area contributed by atoms with Crippen molar-refractivity contribution < 1.29 is 4.74 Å². The van der Waals surface area contributed by atoms with Gasteiger partial charge in [-0.1, -0.05) is 0 Å². The van der Waals surface area contributed by atoms with Crippen LogP contribution in [-0.2, 0) is 11.3 Å². The van der Waals surface area contributed by atoms with Crippen molar-refractivity contribution in [1.29, 1.82) is 0 Å². The predicted molar refractivity (Wildman–Crippen MR) is 96.3 cm³/mol. The maximum absolute atomic E-state index is 5.77. The monoisotopic (exact) mass is 413 g/mol. The van der Waals surface area contributed by atoms with Crippen molar-refractivity contribution in [2.75, 3.05) is 38.8 Å². The normalized spacial score (nSPS) is 11.1. The van der Waals surface area contributed by atoms with Crippen molar-refractivity contribution in [3.8, 4) is 0 Å². The zero-order chi connectivity index (χ0) is 14.1. The van der Waals surface area contributed by atoms with E-state index in [-0.39, 0.29) is 24.0 Å². The van der Waals surface area contributed by atoms with Crippen LogP contribution >= 0.6 is 35.3 Å². The number of rotatable bonds is 8. The van der Waals surface area contributed by atoms with Gasteiger partial charge in [-0.25, -0.2) is 9.98 Å². The van der Waals surface area contributed by atoms with Crippen LogP contribution in [0.25, 0.3) is 0 Å². The second-order valence-corrected chi connectivity index (χ2v) is 5.03. The van der Waals surface area contributed by atoms with Gasteiger partial charge in [0.2, 0.25) is 0 Å². The smallest absolute Gasteiger partial charge is 0.188 e. The molecule has 0 fully saturated rings. The SMILES string of the molecule is CCOCCCNC(N)=NCc1csc(N(C)C)n1.I. The van der Waals surface area contributed by atoms with Crippen LogP contribution in [0.5, 0.6) is 0 Å². The summed E-state index contributed by atoms with van der Waals surface area (Å²) >= 11 is 1.60. The Hall–Kier alpha value is -0.610. The first-order chi connectivity index (χ1) is 9.13. The molecular formula is C12H24IN5OS. The van der Waals surface area contributed by atoms with Gasteiger partial charge in [0.25, 0.3) is 0 Å². The van der Waals surface area contributed by atoms with Gasteiger partial charge in [-0.2, -0.15) is 0 Å². The molecule has 3 N–H and O–H groups in total. The molecule has 0 aromatic carbocycles. The highest BCUT2D eigenvalue weighted by molar-refractivity contribution is 14.0. The first-order valence-corrected chi connectivity index (χ1v) is 7.24. The number of guanidine groups is 1. The van der Waals surface area contributed by atoms with Gasteiger partial charge < -0.3 is 20.7 Å². The molecular weight excluding hydrogens is 389 g/mol. The van der Waals surface area contributed by atoms with E-state index in [1.165, 1.54) is 0 Å². The van der Waals surface area contributed by atoms with E-state index in [2.05, 4.69) is 15.3 Å². The number of anilines is 1. The van der Waals surface area contributed by atoms with Crippen molar-refractivity contribution in [2.45, 2.75) is 19.9 Å². The summed E-state index contributed by atoms with van der Waals surface area (Å²) in [6, 6.07) is 0. The van der Waals surface area contributed by atoms with E-state index in [0.717, 1.165) is 37.0 Å². The molecule has 0 saturated carbocycles. The number of nitrogens with two attached hydrogens (primary N) is 1. The summed E-state index contributed by atoms with van der Waals surface area (Å²) in [5.74, 6) is 0.455. The number of halogens is 1. The van der Waals surface area contributed by atoms with Crippen LogP contribution < -0.4 is 16.0 Å². The maximum atomic E-state index is 5.77. The van der Waals surface area contributed by atoms with E-state index < -0.39 is 0 Å². The maximum Gasteiger partial charge on any atom is 0.188 e. The van der Waals surface area contributed by atoms with E-state index in [4.69, 9.17) is 10.5 Å². The average Bonchev–Trinajstić information content (AvgIpc) is 2.85. The van der Waals surface area contributed by atoms with Crippen molar-refractivity contribution in [2.24, 2.45) is 10.7 Å². The average molecular weight is 413 g/mol. The van der Waals surface area contributed by atoms with Crippen molar-refractivity contribution in [3.63, 3.8) is 0 Å². The van der Waals surface area contributed by atoms with E-state index in [1.807, 2.05) is 31.3 Å². The van der Waals surface area contributed by atoms with Gasteiger partial charge in [0.1, 0.15) is 0 Å². The molecule has 0 spiro atoms. The third-order valence-electron chi connectivity index (χ3n) is 2.31. The molecule has 0 radical (unpaired) electrons. The lowest BCUT2D eigenvalue weighted by atomic mass is 10.4. The fourth-order valence-electron chi connectivity index (χ4n) is 1.33. The second-order valence-electron chi connectivity index (χ2n) is 4.19. The molecule has 0 atom stereocenters. The van der Waals surface area contributed by atoms with E-state index >= 15 is 0 Å². The fraction of sp³-hybridized carbons (Fsp3) is 0.667. The number of hydrogen-bond donors (Lipinski definition) is 2. The minimum atomic E-state index is 0. The van der Waals surface area contributed by atoms with Crippen LogP contribution in [0.4, 0.5) is 5.13 Å². The van der Waals surface area contributed by atoms with Gasteiger partial charge >= 0.3 is 0 Å². The molecule has 0 unspecified atom stereocenters. The number of aliphatic imine (C=N–C) groups is 1. The molecule has 116 valence electrons. The summed E-state index contributed by atoms with van der Waals surface area (Å²) in [4.78, 5) is 10.7. The second kappa shape index (κ2) is 11.1. The van der Waals surface area contributed by atoms with Crippen LogP contribution in [0.15, 0.2) is 10.4 Å². The van der Waals surface area contributed by atoms with Crippen LogP contribution in [0.3, 0.4) is 0 Å². The van der Waals surface area contributed by atoms with Crippen molar-refractivity contribution in [3.05, 3.63) is 11.1 Å². The fourth-order valence-corrected chi connectivity index (χ4v) is 2.08. The summed E-state index contributed by atoms with van der Waals surface area (Å²) in [5.41, 5.74) is 6.70. The molecule has 1 rings (SSSR count). The number of aromatic nitrogens is 1. The van der Waals surface area contributed by atoms with E-state index in [1.54, 1.807) is 11.3 Å². The standard InChI is InChI=1S/C12H23N5OS.HI/c1-4-18-7-5-6-14-11(13)15-8-10-9-19-12(16-10)17(2)3;/h9H,4-8H2,1-3H3,(H3,13,14,15);1H. The minimum Gasteiger partial charge on any atom is -0.382 e. The predicted octanol–water partition coefficient (Wildman–Crippen LogP) is 1.66. The number of ether oxygens (including phenoxy) is 1. The summed E-state index contributed by atoms with van der Waals surface area (Å²) < 4.78 is 5.24. The number of nitrogens with zero attached hydrogens (tertiary/aromatic N) is 3. The van der Waals surface area contributed by atoms with Gasteiger partial charge in [-0.15, -0.1) is 35.3 Å². The largest absolute Gasteiger partial charge is 0.382 e. The Balaban J connectivity index is 0.00000361. The van der Waals surface area contributed by atoms with Gasteiger partial charge in [0, 0.05) is 39.2 Å². The Morgan fingerprint density at radius 1 is 1.55 bits per heavy atom. The minimum absolute atomic E-state index is 0. The molecule has 20 heavy (non-hydrogen) atoms. The van der Waals surface area contributed by atoms with Gasteiger partial charge in [0.15, 0.2) is 11.1 Å². The van der Waals surface area contributed by atoms with Crippen molar-refractivity contribution in [1.82, 2.24) is 10.3 Å². The molecule has 0 bridgehead atoms. The zero-order valence-electron chi connectivity index (χ0n) is 12.3. The van der Waals surface area contributed by atoms with Gasteiger partial charge in [0.05, 0.1) is 12.2 Å². The summed E-state index contributed by atoms with van der Waals surface area (Å²) in [6.45, 7) is 4.76. The first kappa shape index (κ1) is 19.4. The van der Waals surface area contributed by atoms with Crippen LogP contribution in [0.1, 0.15) is 19.0 Å². The molecule has 0 saturated heterocycles. The zero-order valence-corrected chi connectivity index (χ0v) is 15.4. The summed E-state index contributed by atoms with van der Waals surface area (Å²) in [6.07, 6.45) is 0.922. The first-order valence-electron chi connectivity index (χ1n) is 6.36. The summed E-state index contributed by atoms with van der Waals surface area (Å²) in [7, 11) is 3.94. The number of nitrogens with one attached hydrogen (secondary N) is 1. The number of hydrogen-bond acceptors (Lipinski definition) is 5. The Kier molecular flexibility index (Phi) is 10.8. The highest BCUT2D eigenvalue weighted by atomic mass is 127. The topological polar surface area (TPSA) is 75.8 Å². The third kappa shape index (κ3) is 7.85. The lowest BCUT2D eigenvalue weighted by molar-refractivity contribution is 0.145. The Labute approximate surface area is 141 Å². The Morgan fingerprint density at radius 3 is 2.90 bits per heavy atom. The van der Waals surface area contributed by atoms with Crippen LogP contribution in [0, 0.1) is 0 Å². The molecule has 1 aromatic rings. The molecule has 0 amide bonds. The van der Waals surface area contributed by atoms with Crippen LogP contribution in [-0.4, -0.2) is 44.8 Å². The molecule has 0 aliphatic heterocycles. The lowest BCUT2D eigenvalue weighted by Gasteiger charge is -2.06. The lowest BCUT2D eigenvalue weighted by Crippen LogP contribution is -2.32.